The molecule has 8 nitrogen and oxygen atoms in total. The van der Waals surface area contributed by atoms with Gasteiger partial charge in [0.1, 0.15) is 22.8 Å². The van der Waals surface area contributed by atoms with Crippen LogP contribution in [0.3, 0.4) is 0 Å². The van der Waals surface area contributed by atoms with E-state index < -0.39 is 17.7 Å². The Bertz CT molecular complexity index is 775. The summed E-state index contributed by atoms with van der Waals surface area (Å²) < 4.78 is 10.2. The second-order valence-corrected chi connectivity index (χ2v) is 4.68. The molecule has 0 saturated carbocycles. The summed E-state index contributed by atoms with van der Waals surface area (Å²) >= 11 is 0. The average Bonchev–Trinajstić information content (AvgIpc) is 2.54. The molecular weight excluding hydrogens is 316 g/mol. The van der Waals surface area contributed by atoms with Crippen molar-refractivity contribution >= 4 is 23.4 Å². The first-order chi connectivity index (χ1) is 11.4. The molecule has 0 atom stereocenters. The molecule has 0 radical (unpaired) electrons. The molecule has 0 bridgehead atoms. The molecule has 0 aliphatic carbocycles. The first-order valence-electron chi connectivity index (χ1n) is 6.81. The first-order valence-corrected chi connectivity index (χ1v) is 6.81. The van der Waals surface area contributed by atoms with E-state index in [9.17, 15) is 14.7 Å². The highest BCUT2D eigenvalue weighted by molar-refractivity contribution is 6.01. The summed E-state index contributed by atoms with van der Waals surface area (Å²) in [5.74, 6) is -0.728. The van der Waals surface area contributed by atoms with E-state index in [-0.39, 0.29) is 11.3 Å². The highest BCUT2D eigenvalue weighted by Gasteiger charge is 2.12. The molecule has 0 aliphatic heterocycles. The van der Waals surface area contributed by atoms with Gasteiger partial charge in [0, 0.05) is 17.8 Å². The van der Waals surface area contributed by atoms with Crippen molar-refractivity contribution in [3.63, 3.8) is 0 Å². The van der Waals surface area contributed by atoms with E-state index in [0.717, 1.165) is 6.07 Å². The Morgan fingerprint density at radius 3 is 2.33 bits per heavy atom. The maximum atomic E-state index is 12.1. The van der Waals surface area contributed by atoms with E-state index in [2.05, 4.69) is 10.6 Å². The molecule has 0 fully saturated rings. The quantitative estimate of drug-likeness (QED) is 0.669. The van der Waals surface area contributed by atoms with Crippen LogP contribution in [0.1, 0.15) is 10.4 Å². The minimum atomic E-state index is -1.26. The lowest BCUT2D eigenvalue weighted by Gasteiger charge is -2.13. The van der Waals surface area contributed by atoms with Gasteiger partial charge in [-0.05, 0) is 24.3 Å². The summed E-state index contributed by atoms with van der Waals surface area (Å²) in [5, 5.41) is 23.6. The minimum absolute atomic E-state index is 0.233. The van der Waals surface area contributed by atoms with Crippen LogP contribution in [0.15, 0.2) is 36.4 Å². The Kier molecular flexibility index (Phi) is 5.10. The number of carboxylic acids is 1. The number of carboxylic acid groups (broad SMARTS) is 1. The number of nitrogens with one attached hydrogen (secondary N) is 2. The number of aromatic carboxylic acids is 1. The van der Waals surface area contributed by atoms with Gasteiger partial charge in [-0.1, -0.05) is 0 Å². The van der Waals surface area contributed by atoms with Crippen LogP contribution >= 0.6 is 0 Å². The van der Waals surface area contributed by atoms with Crippen LogP contribution in [0.25, 0.3) is 0 Å². The Morgan fingerprint density at radius 1 is 1.00 bits per heavy atom. The second-order valence-electron chi connectivity index (χ2n) is 4.68. The molecule has 2 aromatic rings. The lowest BCUT2D eigenvalue weighted by Crippen LogP contribution is -2.20. The Morgan fingerprint density at radius 2 is 1.75 bits per heavy atom. The molecule has 0 heterocycles. The molecule has 0 aromatic heterocycles. The van der Waals surface area contributed by atoms with Gasteiger partial charge < -0.3 is 30.3 Å². The van der Waals surface area contributed by atoms with Crippen molar-refractivity contribution in [3.05, 3.63) is 42.0 Å². The number of rotatable bonds is 5. The highest BCUT2D eigenvalue weighted by Crippen LogP contribution is 2.29. The van der Waals surface area contributed by atoms with E-state index in [1.165, 1.54) is 26.4 Å². The zero-order chi connectivity index (χ0) is 17.7. The number of ether oxygens (including phenoxy) is 2. The van der Waals surface area contributed by atoms with Gasteiger partial charge in [0.25, 0.3) is 0 Å². The summed E-state index contributed by atoms with van der Waals surface area (Å²) in [6.07, 6.45) is 0. The van der Waals surface area contributed by atoms with Crippen LogP contribution in [-0.4, -0.2) is 36.4 Å². The van der Waals surface area contributed by atoms with Gasteiger partial charge in [0.15, 0.2) is 0 Å². The fraction of sp³-hybridized carbons (Fsp3) is 0.125. The fourth-order valence-corrected chi connectivity index (χ4v) is 1.99. The molecule has 8 heteroatoms. The Labute approximate surface area is 137 Å². The van der Waals surface area contributed by atoms with E-state index in [1.54, 1.807) is 18.2 Å². The van der Waals surface area contributed by atoms with Gasteiger partial charge in [0.05, 0.1) is 19.9 Å². The molecule has 2 rings (SSSR count). The SMILES string of the molecule is COc1ccc(OC)c(NC(=O)Nc2ccc(C(=O)O)c(O)c2)c1. The third-order valence-electron chi connectivity index (χ3n) is 3.14. The smallest absolute Gasteiger partial charge is 0.339 e. The van der Waals surface area contributed by atoms with Crippen molar-refractivity contribution in [2.45, 2.75) is 0 Å². The van der Waals surface area contributed by atoms with Crippen LogP contribution in [0.2, 0.25) is 0 Å². The van der Waals surface area contributed by atoms with Gasteiger partial charge >= 0.3 is 12.0 Å². The molecule has 24 heavy (non-hydrogen) atoms. The highest BCUT2D eigenvalue weighted by atomic mass is 16.5. The Balaban J connectivity index is 2.14. The summed E-state index contributed by atoms with van der Waals surface area (Å²) in [6, 6.07) is 8.02. The summed E-state index contributed by atoms with van der Waals surface area (Å²) in [6.45, 7) is 0. The van der Waals surface area contributed by atoms with Crippen molar-refractivity contribution in [2.75, 3.05) is 24.9 Å². The number of phenols is 1. The summed E-state index contributed by atoms with van der Waals surface area (Å²) in [4.78, 5) is 22.9. The zero-order valence-corrected chi connectivity index (χ0v) is 13.0. The minimum Gasteiger partial charge on any atom is -0.507 e. The molecule has 0 unspecified atom stereocenters. The fourth-order valence-electron chi connectivity index (χ4n) is 1.99. The average molecular weight is 332 g/mol. The predicted octanol–water partition coefficient (Wildman–Crippen LogP) is 2.75. The maximum absolute atomic E-state index is 12.1. The topological polar surface area (TPSA) is 117 Å². The van der Waals surface area contributed by atoms with E-state index in [0.29, 0.717) is 17.2 Å². The van der Waals surface area contributed by atoms with Gasteiger partial charge in [-0.2, -0.15) is 0 Å². The summed E-state index contributed by atoms with van der Waals surface area (Å²) in [7, 11) is 2.96. The number of hydrogen-bond donors (Lipinski definition) is 4. The van der Waals surface area contributed by atoms with E-state index in [4.69, 9.17) is 14.6 Å². The molecular formula is C16H16N2O6. The number of carbonyl (C=O) groups excluding carboxylic acids is 1. The van der Waals surface area contributed by atoms with Crippen LogP contribution in [0.5, 0.6) is 17.2 Å². The number of hydrogen-bond acceptors (Lipinski definition) is 5. The van der Waals surface area contributed by atoms with Crippen molar-refractivity contribution in [1.29, 1.82) is 0 Å². The third kappa shape index (κ3) is 3.86. The standard InChI is InChI=1S/C16H16N2O6/c1-23-10-4-6-14(24-2)12(8-10)18-16(22)17-9-3-5-11(15(20)21)13(19)7-9/h3-8,19H,1-2H3,(H,20,21)(H2,17,18,22). The zero-order valence-electron chi connectivity index (χ0n) is 13.0. The maximum Gasteiger partial charge on any atom is 0.339 e. The monoisotopic (exact) mass is 332 g/mol. The van der Waals surface area contributed by atoms with Crippen molar-refractivity contribution in [2.24, 2.45) is 0 Å². The third-order valence-corrected chi connectivity index (χ3v) is 3.14. The lowest BCUT2D eigenvalue weighted by atomic mass is 10.2. The van der Waals surface area contributed by atoms with Gasteiger partial charge in [-0.25, -0.2) is 9.59 Å². The number of urea groups is 1. The van der Waals surface area contributed by atoms with Gasteiger partial charge in [0.2, 0.25) is 0 Å². The predicted molar refractivity (Wildman–Crippen MR) is 87.3 cm³/mol. The first kappa shape index (κ1) is 16.9. The number of benzene rings is 2. The summed E-state index contributed by atoms with van der Waals surface area (Å²) in [5.41, 5.74) is 0.369. The number of methoxy groups -OCH3 is 2. The van der Waals surface area contributed by atoms with Gasteiger partial charge in [-0.3, -0.25) is 0 Å². The Hall–Kier alpha value is -3.42. The molecule has 126 valence electrons. The van der Waals surface area contributed by atoms with Crippen LogP contribution in [-0.2, 0) is 0 Å². The molecule has 2 amide bonds. The van der Waals surface area contributed by atoms with Crippen molar-refractivity contribution in [3.8, 4) is 17.2 Å². The molecule has 2 aromatic carbocycles. The largest absolute Gasteiger partial charge is 0.507 e. The normalized spacial score (nSPS) is 9.92. The van der Waals surface area contributed by atoms with Crippen LogP contribution in [0.4, 0.5) is 16.2 Å². The number of anilines is 2. The number of amides is 2. The van der Waals surface area contributed by atoms with Crippen LogP contribution in [0, 0.1) is 0 Å². The van der Waals surface area contributed by atoms with Gasteiger partial charge in [-0.15, -0.1) is 0 Å². The second kappa shape index (κ2) is 7.23. The molecule has 4 N–H and O–H groups in total. The van der Waals surface area contributed by atoms with E-state index >= 15 is 0 Å². The lowest BCUT2D eigenvalue weighted by molar-refractivity contribution is 0.0694. The number of carbonyl (C=O) groups is 2. The molecule has 0 spiro atoms. The van der Waals surface area contributed by atoms with E-state index in [1.807, 2.05) is 0 Å². The van der Waals surface area contributed by atoms with Crippen LogP contribution < -0.4 is 20.1 Å². The molecule has 0 aliphatic rings. The number of aromatic hydroxyl groups is 1. The molecule has 0 saturated heterocycles. The van der Waals surface area contributed by atoms with Crippen molar-refractivity contribution < 1.29 is 29.3 Å². The van der Waals surface area contributed by atoms with Crippen molar-refractivity contribution in [1.82, 2.24) is 0 Å².